The lowest BCUT2D eigenvalue weighted by Gasteiger charge is -2.13. The van der Waals surface area contributed by atoms with Gasteiger partial charge in [-0.15, -0.1) is 0 Å². The molecule has 0 radical (unpaired) electrons. The number of ether oxygens (including phenoxy) is 3. The molecule has 1 rings (SSSR count). The first-order chi connectivity index (χ1) is 8.46. The first kappa shape index (κ1) is 14.6. The average molecular weight is 265 g/mol. The van der Waals surface area contributed by atoms with Crippen LogP contribution in [0.4, 0.5) is 13.2 Å². The minimum atomic E-state index is -4.37. The fraction of sp³-hybridized carbons (Fsp3) is 0.455. The molecule has 4 nitrogen and oxygen atoms in total. The zero-order chi connectivity index (χ0) is 13.6. The zero-order valence-electron chi connectivity index (χ0n) is 9.79. The predicted octanol–water partition coefficient (Wildman–Crippen LogP) is 2.07. The average Bonchev–Trinajstić information content (AvgIpc) is 2.33. The Morgan fingerprint density at radius 2 is 2.00 bits per heavy atom. The van der Waals surface area contributed by atoms with Crippen LogP contribution in [-0.2, 0) is 11.3 Å². The van der Waals surface area contributed by atoms with Gasteiger partial charge in [-0.2, -0.15) is 13.2 Å². The predicted molar refractivity (Wildman–Crippen MR) is 58.4 cm³/mol. The molecule has 2 N–H and O–H groups in total. The zero-order valence-corrected chi connectivity index (χ0v) is 9.79. The monoisotopic (exact) mass is 265 g/mol. The van der Waals surface area contributed by atoms with Crippen LogP contribution < -0.4 is 15.2 Å². The van der Waals surface area contributed by atoms with E-state index in [0.29, 0.717) is 17.1 Å². The SMILES string of the molecule is COc1ccc(CN)c(OCOCC(F)(F)F)c1. The summed E-state index contributed by atoms with van der Waals surface area (Å²) in [5.74, 6) is 0.872. The van der Waals surface area contributed by atoms with Gasteiger partial charge < -0.3 is 19.9 Å². The van der Waals surface area contributed by atoms with Crippen molar-refractivity contribution in [3.8, 4) is 11.5 Å². The van der Waals surface area contributed by atoms with Gasteiger partial charge in [-0.1, -0.05) is 6.07 Å². The van der Waals surface area contributed by atoms with Gasteiger partial charge in [-0.3, -0.25) is 0 Å². The Hall–Kier alpha value is -1.47. The molecule has 18 heavy (non-hydrogen) atoms. The molecule has 0 saturated carbocycles. The van der Waals surface area contributed by atoms with Crippen molar-refractivity contribution in [2.24, 2.45) is 5.73 Å². The van der Waals surface area contributed by atoms with Crippen molar-refractivity contribution < 1.29 is 27.4 Å². The first-order valence-corrected chi connectivity index (χ1v) is 5.10. The molecule has 0 aliphatic carbocycles. The number of benzene rings is 1. The van der Waals surface area contributed by atoms with Crippen molar-refractivity contribution in [1.82, 2.24) is 0 Å². The lowest BCUT2D eigenvalue weighted by molar-refractivity contribution is -0.186. The molecule has 0 heterocycles. The van der Waals surface area contributed by atoms with Gasteiger partial charge in [-0.05, 0) is 6.07 Å². The molecule has 1 aromatic rings. The van der Waals surface area contributed by atoms with Crippen LogP contribution in [0.5, 0.6) is 11.5 Å². The minimum Gasteiger partial charge on any atom is -0.497 e. The number of halogens is 3. The van der Waals surface area contributed by atoms with Crippen molar-refractivity contribution in [1.29, 1.82) is 0 Å². The van der Waals surface area contributed by atoms with Gasteiger partial charge in [0.25, 0.3) is 0 Å². The van der Waals surface area contributed by atoms with E-state index in [4.69, 9.17) is 15.2 Å². The van der Waals surface area contributed by atoms with Crippen molar-refractivity contribution in [2.45, 2.75) is 12.7 Å². The molecule has 7 heteroatoms. The van der Waals surface area contributed by atoms with E-state index in [9.17, 15) is 13.2 Å². The van der Waals surface area contributed by atoms with Crippen LogP contribution in [-0.4, -0.2) is 26.7 Å². The summed E-state index contributed by atoms with van der Waals surface area (Å²) in [6, 6.07) is 4.91. The molecule has 0 saturated heterocycles. The number of hydrogen-bond donors (Lipinski definition) is 1. The van der Waals surface area contributed by atoms with Gasteiger partial charge >= 0.3 is 6.18 Å². The summed E-state index contributed by atoms with van der Waals surface area (Å²) >= 11 is 0. The number of rotatable bonds is 6. The molecule has 0 spiro atoms. The molecular formula is C11H14F3NO3. The first-order valence-electron chi connectivity index (χ1n) is 5.10. The summed E-state index contributed by atoms with van der Waals surface area (Å²) in [6.07, 6.45) is -4.37. The van der Waals surface area contributed by atoms with Crippen molar-refractivity contribution in [3.63, 3.8) is 0 Å². The molecule has 0 aliphatic heterocycles. The van der Waals surface area contributed by atoms with Crippen molar-refractivity contribution >= 4 is 0 Å². The highest BCUT2D eigenvalue weighted by Crippen LogP contribution is 2.24. The Morgan fingerprint density at radius 3 is 2.56 bits per heavy atom. The van der Waals surface area contributed by atoms with Crippen LogP contribution in [0.15, 0.2) is 18.2 Å². The maximum atomic E-state index is 11.8. The number of hydrogen-bond acceptors (Lipinski definition) is 4. The highest BCUT2D eigenvalue weighted by molar-refractivity contribution is 5.40. The van der Waals surface area contributed by atoms with E-state index < -0.39 is 19.6 Å². The Labute approximate surface area is 102 Å². The third kappa shape index (κ3) is 4.80. The summed E-state index contributed by atoms with van der Waals surface area (Å²) in [4.78, 5) is 0. The lowest BCUT2D eigenvalue weighted by Crippen LogP contribution is -2.19. The quantitative estimate of drug-likeness (QED) is 0.632. The maximum absolute atomic E-state index is 11.8. The Balaban J connectivity index is 2.54. The van der Waals surface area contributed by atoms with Gasteiger partial charge in [0.1, 0.15) is 18.1 Å². The normalized spacial score (nSPS) is 11.4. The standard InChI is InChI=1S/C11H14F3NO3/c1-16-9-3-2-8(5-15)10(4-9)18-7-17-6-11(12,13)14/h2-4H,5-7,15H2,1H3. The van der Waals surface area contributed by atoms with Crippen LogP contribution in [0.25, 0.3) is 0 Å². The van der Waals surface area contributed by atoms with Gasteiger partial charge in [0.2, 0.25) is 0 Å². The van der Waals surface area contributed by atoms with E-state index in [1.807, 2.05) is 0 Å². The topological polar surface area (TPSA) is 53.7 Å². The van der Waals surface area contributed by atoms with E-state index in [0.717, 1.165) is 0 Å². The third-order valence-corrected chi connectivity index (χ3v) is 2.06. The maximum Gasteiger partial charge on any atom is 0.411 e. The second-order valence-corrected chi connectivity index (χ2v) is 3.40. The molecule has 102 valence electrons. The summed E-state index contributed by atoms with van der Waals surface area (Å²) in [6.45, 7) is -1.65. The highest BCUT2D eigenvalue weighted by atomic mass is 19.4. The van der Waals surface area contributed by atoms with E-state index in [1.165, 1.54) is 7.11 Å². The van der Waals surface area contributed by atoms with E-state index in [1.54, 1.807) is 18.2 Å². The molecule has 0 aliphatic rings. The summed E-state index contributed by atoms with van der Waals surface area (Å²) in [5, 5.41) is 0. The van der Waals surface area contributed by atoms with Crippen LogP contribution in [0.3, 0.4) is 0 Å². The molecule has 0 amide bonds. The van der Waals surface area contributed by atoms with Crippen molar-refractivity contribution in [2.75, 3.05) is 20.5 Å². The largest absolute Gasteiger partial charge is 0.497 e. The van der Waals surface area contributed by atoms with Crippen LogP contribution in [0.2, 0.25) is 0 Å². The van der Waals surface area contributed by atoms with Crippen LogP contribution in [0, 0.1) is 0 Å². The molecule has 0 atom stereocenters. The number of nitrogens with two attached hydrogens (primary N) is 1. The summed E-state index contributed by atoms with van der Waals surface area (Å²) < 4.78 is 49.9. The summed E-state index contributed by atoms with van der Waals surface area (Å²) in [7, 11) is 1.47. The second-order valence-electron chi connectivity index (χ2n) is 3.40. The molecule has 0 bridgehead atoms. The highest BCUT2D eigenvalue weighted by Gasteiger charge is 2.27. The van der Waals surface area contributed by atoms with Crippen LogP contribution in [0.1, 0.15) is 5.56 Å². The smallest absolute Gasteiger partial charge is 0.411 e. The van der Waals surface area contributed by atoms with Gasteiger partial charge in [0.05, 0.1) is 7.11 Å². The fourth-order valence-corrected chi connectivity index (χ4v) is 1.23. The van der Waals surface area contributed by atoms with E-state index in [2.05, 4.69) is 4.74 Å². The van der Waals surface area contributed by atoms with Gasteiger partial charge in [0.15, 0.2) is 6.79 Å². The van der Waals surface area contributed by atoms with Crippen molar-refractivity contribution in [3.05, 3.63) is 23.8 Å². The van der Waals surface area contributed by atoms with E-state index in [-0.39, 0.29) is 6.54 Å². The lowest BCUT2D eigenvalue weighted by atomic mass is 10.2. The van der Waals surface area contributed by atoms with Gasteiger partial charge in [0, 0.05) is 18.2 Å². The molecule has 0 fully saturated rings. The molecule has 1 aromatic carbocycles. The number of methoxy groups -OCH3 is 1. The Bertz CT molecular complexity index is 382. The second kappa shape index (κ2) is 6.46. The summed E-state index contributed by atoms with van der Waals surface area (Å²) in [5.41, 5.74) is 6.13. The Kier molecular flexibility index (Phi) is 5.24. The third-order valence-electron chi connectivity index (χ3n) is 2.06. The fourth-order valence-electron chi connectivity index (χ4n) is 1.23. The van der Waals surface area contributed by atoms with E-state index >= 15 is 0 Å². The molecule has 0 unspecified atom stereocenters. The molecule has 0 aromatic heterocycles. The minimum absolute atomic E-state index is 0.207. The molecular weight excluding hydrogens is 251 g/mol. The van der Waals surface area contributed by atoms with Gasteiger partial charge in [-0.25, -0.2) is 0 Å². The Morgan fingerprint density at radius 1 is 1.28 bits per heavy atom. The number of alkyl halides is 3. The van der Waals surface area contributed by atoms with Crippen LogP contribution >= 0.6 is 0 Å².